The molecule has 0 fully saturated rings. The molecule has 3 aromatic carbocycles. The first kappa shape index (κ1) is 23.4. The van der Waals surface area contributed by atoms with Crippen molar-refractivity contribution in [3.63, 3.8) is 0 Å². The Balaban J connectivity index is 1.52. The molecule has 1 heterocycles. The monoisotopic (exact) mass is 485 g/mol. The van der Waals surface area contributed by atoms with Crippen LogP contribution >= 0.6 is 11.8 Å². The average molecular weight is 485 g/mol. The summed E-state index contributed by atoms with van der Waals surface area (Å²) in [5.41, 5.74) is 1.02. The molecule has 1 N–H and O–H groups in total. The maximum atomic E-state index is 13.2. The number of carbonyl (C=O) groups is 1. The topological polar surface area (TPSA) is 73.2 Å². The molecule has 0 aliphatic carbocycles. The summed E-state index contributed by atoms with van der Waals surface area (Å²) < 4.78 is 43.3. The van der Waals surface area contributed by atoms with Gasteiger partial charge in [-0.25, -0.2) is 4.98 Å². The largest absolute Gasteiger partial charge is 0.573 e. The third kappa shape index (κ3) is 5.57. The van der Waals surface area contributed by atoms with Crippen molar-refractivity contribution >= 4 is 28.6 Å². The Morgan fingerprint density at radius 2 is 1.65 bits per heavy atom. The molecule has 4 aromatic rings. The molecule has 1 amide bonds. The molecule has 0 bridgehead atoms. The van der Waals surface area contributed by atoms with Crippen LogP contribution in [-0.2, 0) is 11.3 Å². The summed E-state index contributed by atoms with van der Waals surface area (Å²) in [7, 11) is 0. The van der Waals surface area contributed by atoms with Crippen LogP contribution in [0, 0.1) is 0 Å². The zero-order valence-corrected chi connectivity index (χ0v) is 18.4. The van der Waals surface area contributed by atoms with Crippen LogP contribution in [0.2, 0.25) is 0 Å². The highest BCUT2D eigenvalue weighted by atomic mass is 32.2. The lowest BCUT2D eigenvalue weighted by Gasteiger charge is -2.14. The second-order valence-electron chi connectivity index (χ2n) is 7.11. The highest BCUT2D eigenvalue weighted by Gasteiger charge is 2.32. The summed E-state index contributed by atoms with van der Waals surface area (Å²) in [6.45, 7) is -0.151. The summed E-state index contributed by atoms with van der Waals surface area (Å²) in [6, 6.07) is 21.4. The van der Waals surface area contributed by atoms with E-state index in [4.69, 9.17) is 0 Å². The number of thioether (sulfide) groups is 1. The molecule has 0 saturated heterocycles. The van der Waals surface area contributed by atoms with E-state index in [1.54, 1.807) is 54.6 Å². The number of ether oxygens (including phenoxy) is 1. The van der Waals surface area contributed by atoms with Gasteiger partial charge in [0.25, 0.3) is 5.56 Å². The van der Waals surface area contributed by atoms with Crippen molar-refractivity contribution in [2.75, 3.05) is 5.75 Å². The fraction of sp³-hybridized carbons (Fsp3) is 0.125. The third-order valence-corrected chi connectivity index (χ3v) is 5.70. The van der Waals surface area contributed by atoms with Crippen molar-refractivity contribution in [3.8, 4) is 11.4 Å². The summed E-state index contributed by atoms with van der Waals surface area (Å²) in [5, 5.41) is 3.35. The highest BCUT2D eigenvalue weighted by molar-refractivity contribution is 7.99. The van der Waals surface area contributed by atoms with Crippen molar-refractivity contribution in [2.45, 2.75) is 18.1 Å². The molecular formula is C24H18F3N3O3S. The number of hydrogen-bond donors (Lipinski definition) is 1. The number of para-hydroxylation sites is 3. The van der Waals surface area contributed by atoms with E-state index in [1.165, 1.54) is 22.8 Å². The third-order valence-electron chi connectivity index (χ3n) is 4.77. The summed E-state index contributed by atoms with van der Waals surface area (Å²) >= 11 is 1.06. The molecule has 10 heteroatoms. The van der Waals surface area contributed by atoms with Crippen molar-refractivity contribution in [1.29, 1.82) is 0 Å². The standard InChI is InChI=1S/C24H18F3N3O3S/c25-24(26,27)33-20-13-7-4-8-16(20)14-28-21(31)15-34-23-29-19-12-6-5-11-18(19)22(32)30(23)17-9-2-1-3-10-17/h1-13H,14-15H2,(H,28,31). The molecule has 4 rings (SSSR count). The van der Waals surface area contributed by atoms with Crippen molar-refractivity contribution in [3.05, 3.63) is 94.8 Å². The minimum atomic E-state index is -4.83. The van der Waals surface area contributed by atoms with Crippen LogP contribution in [-0.4, -0.2) is 27.6 Å². The molecule has 0 saturated carbocycles. The number of halogens is 3. The fourth-order valence-electron chi connectivity index (χ4n) is 3.26. The number of rotatable bonds is 7. The van der Waals surface area contributed by atoms with Crippen molar-refractivity contribution in [1.82, 2.24) is 14.9 Å². The zero-order chi connectivity index (χ0) is 24.1. The van der Waals surface area contributed by atoms with E-state index in [0.717, 1.165) is 11.8 Å². The lowest BCUT2D eigenvalue weighted by Crippen LogP contribution is -2.27. The van der Waals surface area contributed by atoms with Gasteiger partial charge in [-0.1, -0.05) is 60.3 Å². The molecule has 0 aliphatic heterocycles. The minimum Gasteiger partial charge on any atom is -0.405 e. The van der Waals surface area contributed by atoms with Crippen LogP contribution < -0.4 is 15.6 Å². The summed E-state index contributed by atoms with van der Waals surface area (Å²) in [4.78, 5) is 30.2. The molecular weight excluding hydrogens is 467 g/mol. The molecule has 0 atom stereocenters. The predicted molar refractivity (Wildman–Crippen MR) is 123 cm³/mol. The van der Waals surface area contributed by atoms with E-state index >= 15 is 0 Å². The molecule has 174 valence electrons. The maximum absolute atomic E-state index is 13.2. The SMILES string of the molecule is O=C(CSc1nc2ccccc2c(=O)n1-c1ccccc1)NCc1ccccc1OC(F)(F)F. The Hall–Kier alpha value is -3.79. The van der Waals surface area contributed by atoms with Crippen LogP contribution in [0.5, 0.6) is 5.75 Å². The van der Waals surface area contributed by atoms with Gasteiger partial charge < -0.3 is 10.1 Å². The van der Waals surface area contributed by atoms with E-state index in [0.29, 0.717) is 21.7 Å². The number of hydrogen-bond acceptors (Lipinski definition) is 5. The lowest BCUT2D eigenvalue weighted by molar-refractivity contribution is -0.274. The molecule has 0 spiro atoms. The number of alkyl halides is 3. The quantitative estimate of drug-likeness (QED) is 0.304. The van der Waals surface area contributed by atoms with E-state index in [-0.39, 0.29) is 29.2 Å². The molecule has 0 radical (unpaired) electrons. The van der Waals surface area contributed by atoms with Crippen LogP contribution in [0.4, 0.5) is 13.2 Å². The first-order valence-electron chi connectivity index (χ1n) is 10.1. The number of fused-ring (bicyclic) bond motifs is 1. The normalized spacial score (nSPS) is 11.4. The Morgan fingerprint density at radius 1 is 0.971 bits per heavy atom. The molecule has 6 nitrogen and oxygen atoms in total. The van der Waals surface area contributed by atoms with Gasteiger partial charge in [0, 0.05) is 12.1 Å². The van der Waals surface area contributed by atoms with Crippen LogP contribution in [0.25, 0.3) is 16.6 Å². The van der Waals surface area contributed by atoms with Gasteiger partial charge in [0.1, 0.15) is 5.75 Å². The van der Waals surface area contributed by atoms with Crippen LogP contribution in [0.15, 0.2) is 88.8 Å². The van der Waals surface area contributed by atoms with E-state index in [2.05, 4.69) is 15.0 Å². The van der Waals surface area contributed by atoms with Gasteiger partial charge in [-0.3, -0.25) is 14.2 Å². The number of benzene rings is 3. The van der Waals surface area contributed by atoms with Crippen LogP contribution in [0.1, 0.15) is 5.56 Å². The molecule has 0 unspecified atom stereocenters. The molecule has 1 aromatic heterocycles. The first-order chi connectivity index (χ1) is 16.3. The Bertz CT molecular complexity index is 1370. The Kier molecular flexibility index (Phi) is 6.87. The molecule has 34 heavy (non-hydrogen) atoms. The maximum Gasteiger partial charge on any atom is 0.573 e. The van der Waals surface area contributed by atoms with Gasteiger partial charge in [-0.15, -0.1) is 13.2 Å². The molecule has 0 aliphatic rings. The van der Waals surface area contributed by atoms with E-state index in [9.17, 15) is 22.8 Å². The van der Waals surface area contributed by atoms with E-state index in [1.807, 2.05) is 6.07 Å². The van der Waals surface area contributed by atoms with Gasteiger partial charge in [-0.05, 0) is 30.3 Å². The second kappa shape index (κ2) is 10.0. The number of nitrogens with one attached hydrogen (secondary N) is 1. The van der Waals surface area contributed by atoms with Gasteiger partial charge >= 0.3 is 6.36 Å². The second-order valence-corrected chi connectivity index (χ2v) is 8.05. The number of carbonyl (C=O) groups excluding carboxylic acids is 1. The van der Waals surface area contributed by atoms with Gasteiger partial charge in [0.2, 0.25) is 5.91 Å². The number of nitrogens with zero attached hydrogens (tertiary/aromatic N) is 2. The van der Waals surface area contributed by atoms with Crippen molar-refractivity contribution in [2.24, 2.45) is 0 Å². The van der Waals surface area contributed by atoms with Crippen molar-refractivity contribution < 1.29 is 22.7 Å². The lowest BCUT2D eigenvalue weighted by atomic mass is 10.2. The zero-order valence-electron chi connectivity index (χ0n) is 17.6. The van der Waals surface area contributed by atoms with Gasteiger partial charge in [-0.2, -0.15) is 0 Å². The average Bonchev–Trinajstić information content (AvgIpc) is 2.82. The minimum absolute atomic E-state index is 0.0973. The smallest absolute Gasteiger partial charge is 0.405 e. The predicted octanol–water partition coefficient (Wildman–Crippen LogP) is 4.69. The Morgan fingerprint density at radius 3 is 2.41 bits per heavy atom. The summed E-state index contributed by atoms with van der Waals surface area (Å²) in [5.74, 6) is -0.911. The number of aromatic nitrogens is 2. The van der Waals surface area contributed by atoms with Gasteiger partial charge in [0.15, 0.2) is 5.16 Å². The number of amides is 1. The summed E-state index contributed by atoms with van der Waals surface area (Å²) in [6.07, 6.45) is -4.83. The van der Waals surface area contributed by atoms with E-state index < -0.39 is 12.3 Å². The van der Waals surface area contributed by atoms with Crippen LogP contribution in [0.3, 0.4) is 0 Å². The van der Waals surface area contributed by atoms with Gasteiger partial charge in [0.05, 0.1) is 22.3 Å². The first-order valence-corrected chi connectivity index (χ1v) is 11.1. The Labute approximate surface area is 196 Å². The fourth-order valence-corrected chi connectivity index (χ4v) is 4.11. The highest BCUT2D eigenvalue weighted by Crippen LogP contribution is 2.26.